The van der Waals surface area contributed by atoms with Crippen LogP contribution in [0.15, 0.2) is 12.2 Å². The summed E-state index contributed by atoms with van der Waals surface area (Å²) < 4.78 is 5.52. The van der Waals surface area contributed by atoms with E-state index in [-0.39, 0.29) is 17.7 Å². The lowest BCUT2D eigenvalue weighted by atomic mass is 9.64. The number of aliphatic hydroxyl groups is 1. The average Bonchev–Trinajstić information content (AvgIpc) is 2.79. The molecule has 0 bridgehead atoms. The van der Waals surface area contributed by atoms with Gasteiger partial charge in [-0.3, -0.25) is 4.79 Å². The normalized spacial score (nSPS) is 37.9. The van der Waals surface area contributed by atoms with Crippen molar-refractivity contribution in [1.82, 2.24) is 5.32 Å². The molecule has 140 valence electrons. The van der Waals surface area contributed by atoms with Crippen molar-refractivity contribution in [2.75, 3.05) is 0 Å². The molecule has 0 aromatic carbocycles. The molecule has 5 heteroatoms. The van der Waals surface area contributed by atoms with Crippen LogP contribution < -0.4 is 5.32 Å². The Morgan fingerprint density at radius 1 is 1.32 bits per heavy atom. The highest BCUT2D eigenvalue weighted by molar-refractivity contribution is 6.01. The second kappa shape index (κ2) is 7.10. The van der Waals surface area contributed by atoms with E-state index in [1.165, 1.54) is 19.3 Å². The van der Waals surface area contributed by atoms with E-state index in [2.05, 4.69) is 18.3 Å². The van der Waals surface area contributed by atoms with Crippen molar-refractivity contribution in [1.29, 1.82) is 0 Å². The molecule has 0 spiro atoms. The van der Waals surface area contributed by atoms with Crippen LogP contribution in [-0.2, 0) is 14.3 Å². The first-order chi connectivity index (χ1) is 12.0. The van der Waals surface area contributed by atoms with Crippen molar-refractivity contribution < 1.29 is 19.4 Å². The highest BCUT2D eigenvalue weighted by Crippen LogP contribution is 2.53. The van der Waals surface area contributed by atoms with E-state index in [0.717, 1.165) is 32.1 Å². The number of hydrogen-bond acceptors (Lipinski definition) is 4. The third-order valence-corrected chi connectivity index (χ3v) is 6.45. The largest absolute Gasteiger partial charge is 0.453 e. The molecule has 2 aliphatic heterocycles. The van der Waals surface area contributed by atoms with Gasteiger partial charge in [0.25, 0.3) is 0 Å². The van der Waals surface area contributed by atoms with Gasteiger partial charge in [0, 0.05) is 5.92 Å². The molecule has 5 atom stereocenters. The number of ether oxygens (including phenoxy) is 1. The Morgan fingerprint density at radius 2 is 2.08 bits per heavy atom. The first kappa shape index (κ1) is 18.4. The minimum absolute atomic E-state index is 0.107. The van der Waals surface area contributed by atoms with Gasteiger partial charge in [-0.15, -0.1) is 0 Å². The number of amides is 1. The number of carbonyl (C=O) groups excluding carboxylic acids is 2. The fourth-order valence-corrected chi connectivity index (χ4v) is 4.83. The zero-order valence-corrected chi connectivity index (χ0v) is 15.4. The number of hydrogen-bond donors (Lipinski definition) is 2. The first-order valence-corrected chi connectivity index (χ1v) is 9.87. The molecule has 0 unspecified atom stereocenters. The van der Waals surface area contributed by atoms with Crippen molar-refractivity contribution >= 4 is 11.9 Å². The molecule has 1 amide bonds. The van der Waals surface area contributed by atoms with Crippen LogP contribution in [0.1, 0.15) is 71.6 Å². The van der Waals surface area contributed by atoms with Gasteiger partial charge in [-0.25, -0.2) is 4.79 Å². The van der Waals surface area contributed by atoms with E-state index in [0.29, 0.717) is 6.42 Å². The van der Waals surface area contributed by atoms with Gasteiger partial charge in [-0.1, -0.05) is 51.2 Å². The topological polar surface area (TPSA) is 75.6 Å². The van der Waals surface area contributed by atoms with Crippen molar-refractivity contribution in [2.45, 2.75) is 88.9 Å². The molecular weight excluding hydrogens is 318 g/mol. The molecule has 0 saturated carbocycles. The Bertz CT molecular complexity index is 560. The van der Waals surface area contributed by atoms with Crippen LogP contribution in [0, 0.1) is 11.8 Å². The lowest BCUT2D eigenvalue weighted by molar-refractivity contribution is -0.238. The van der Waals surface area contributed by atoms with E-state index in [1.54, 1.807) is 0 Å². The maximum absolute atomic E-state index is 12.6. The smallest absolute Gasteiger partial charge is 0.339 e. The number of aliphatic hydroxyl groups excluding tert-OH is 1. The van der Waals surface area contributed by atoms with Crippen LogP contribution >= 0.6 is 0 Å². The third kappa shape index (κ3) is 2.80. The number of rotatable bonds is 8. The summed E-state index contributed by atoms with van der Waals surface area (Å²) in [5.41, 5.74) is -2.21. The standard InChI is InChI=1S/C20H31NO4/c1-3-4-5-6-10-13-15-17(23)21-20(18(24)25-19(15,20)2)16(22)14-11-8-7-9-12-14/h8,11,14-16,22H,3-7,9-10,12-13H2,1-2H3,(H,21,23)/t14-,15+,16+,19+,20+/m1/s1. The summed E-state index contributed by atoms with van der Waals surface area (Å²) in [6.45, 7) is 3.99. The van der Waals surface area contributed by atoms with E-state index in [4.69, 9.17) is 4.74 Å². The molecule has 0 radical (unpaired) electrons. The molecule has 3 aliphatic rings. The Labute approximate surface area is 150 Å². The Balaban J connectivity index is 1.73. The molecule has 2 fully saturated rings. The maximum Gasteiger partial charge on any atom is 0.339 e. The molecule has 2 heterocycles. The number of carbonyl (C=O) groups is 2. The van der Waals surface area contributed by atoms with Crippen LogP contribution in [0.2, 0.25) is 0 Å². The number of allylic oxidation sites excluding steroid dienone is 1. The first-order valence-electron chi connectivity index (χ1n) is 9.87. The summed E-state index contributed by atoms with van der Waals surface area (Å²) in [6.07, 6.45) is 12.2. The molecule has 3 rings (SSSR count). The minimum Gasteiger partial charge on any atom is -0.453 e. The second-order valence-corrected chi connectivity index (χ2v) is 8.02. The van der Waals surface area contributed by atoms with Crippen molar-refractivity contribution in [3.05, 3.63) is 12.2 Å². The van der Waals surface area contributed by atoms with Gasteiger partial charge in [0.1, 0.15) is 0 Å². The maximum atomic E-state index is 12.6. The van der Waals surface area contributed by atoms with Gasteiger partial charge in [0.05, 0.1) is 12.0 Å². The van der Waals surface area contributed by atoms with Crippen molar-refractivity contribution in [3.63, 3.8) is 0 Å². The summed E-state index contributed by atoms with van der Waals surface area (Å²) in [5, 5.41) is 13.9. The van der Waals surface area contributed by atoms with Crippen molar-refractivity contribution in [2.24, 2.45) is 11.8 Å². The average molecular weight is 349 g/mol. The molecule has 25 heavy (non-hydrogen) atoms. The van der Waals surface area contributed by atoms with E-state index in [9.17, 15) is 14.7 Å². The summed E-state index contributed by atoms with van der Waals surface area (Å²) in [4.78, 5) is 25.0. The van der Waals surface area contributed by atoms with Crippen LogP contribution in [-0.4, -0.2) is 34.2 Å². The van der Waals surface area contributed by atoms with Gasteiger partial charge in [-0.2, -0.15) is 0 Å². The minimum atomic E-state index is -1.27. The Morgan fingerprint density at radius 3 is 2.72 bits per heavy atom. The molecule has 2 N–H and O–H groups in total. The van der Waals surface area contributed by atoms with E-state index < -0.39 is 23.2 Å². The lowest BCUT2D eigenvalue weighted by Gasteiger charge is -2.54. The fourth-order valence-electron chi connectivity index (χ4n) is 4.83. The molecule has 2 saturated heterocycles. The summed E-state index contributed by atoms with van der Waals surface area (Å²) in [6, 6.07) is 0. The quantitative estimate of drug-likeness (QED) is 0.401. The van der Waals surface area contributed by atoms with Crippen LogP contribution in [0.25, 0.3) is 0 Å². The summed E-state index contributed by atoms with van der Waals surface area (Å²) >= 11 is 0. The summed E-state index contributed by atoms with van der Waals surface area (Å²) in [5.74, 6) is -1.11. The van der Waals surface area contributed by atoms with Gasteiger partial charge >= 0.3 is 5.97 Å². The predicted octanol–water partition coefficient (Wildman–Crippen LogP) is 2.86. The van der Waals surface area contributed by atoms with E-state index >= 15 is 0 Å². The number of nitrogens with one attached hydrogen (secondary N) is 1. The monoisotopic (exact) mass is 349 g/mol. The predicted molar refractivity (Wildman–Crippen MR) is 94.7 cm³/mol. The lowest BCUT2D eigenvalue weighted by Crippen LogP contribution is -2.80. The highest BCUT2D eigenvalue weighted by atomic mass is 16.6. The van der Waals surface area contributed by atoms with Crippen LogP contribution in [0.3, 0.4) is 0 Å². The third-order valence-electron chi connectivity index (χ3n) is 6.45. The van der Waals surface area contributed by atoms with Gasteiger partial charge < -0.3 is 15.2 Å². The molecular formula is C20H31NO4. The Hall–Kier alpha value is -1.36. The molecule has 1 aliphatic carbocycles. The molecule has 0 aromatic heterocycles. The molecule has 5 nitrogen and oxygen atoms in total. The van der Waals surface area contributed by atoms with Gasteiger partial charge in [0.2, 0.25) is 11.4 Å². The van der Waals surface area contributed by atoms with Crippen LogP contribution in [0.4, 0.5) is 0 Å². The number of unbranched alkanes of at least 4 members (excludes halogenated alkanes) is 4. The van der Waals surface area contributed by atoms with Gasteiger partial charge in [-0.05, 0) is 32.6 Å². The number of esters is 1. The summed E-state index contributed by atoms with van der Waals surface area (Å²) in [7, 11) is 0. The van der Waals surface area contributed by atoms with E-state index in [1.807, 2.05) is 13.0 Å². The highest BCUT2D eigenvalue weighted by Gasteiger charge is 2.79. The number of fused-ring (bicyclic) bond motifs is 1. The van der Waals surface area contributed by atoms with Crippen LogP contribution in [0.5, 0.6) is 0 Å². The zero-order valence-electron chi connectivity index (χ0n) is 15.4. The SMILES string of the molecule is CCCCCCC[C@H]1C(=O)N[C@@]2([C@@H](O)[C@@H]3C=CCCC3)C(=O)O[C@@]12C. The van der Waals surface area contributed by atoms with Gasteiger partial charge in [0.15, 0.2) is 5.60 Å². The Kier molecular flexibility index (Phi) is 5.24. The zero-order chi connectivity index (χ0) is 18.1. The van der Waals surface area contributed by atoms with Crippen molar-refractivity contribution in [3.8, 4) is 0 Å². The fraction of sp³-hybridized carbons (Fsp3) is 0.800. The second-order valence-electron chi connectivity index (χ2n) is 8.02. The molecule has 0 aromatic rings.